The monoisotopic (exact) mass is 311 g/mol. The zero-order valence-electron chi connectivity index (χ0n) is 10.0. The summed E-state index contributed by atoms with van der Waals surface area (Å²) < 4.78 is 13.4. The smallest absolute Gasteiger partial charge is 0.251 e. The molecule has 1 N–H and O–H groups in total. The summed E-state index contributed by atoms with van der Waals surface area (Å²) in [7, 11) is 0. The van der Waals surface area contributed by atoms with Crippen molar-refractivity contribution in [3.05, 3.63) is 34.1 Å². The standard InChI is InChI=1S/C14H15BrFNO/c15-11-7-9(1-4-12(11)16)13(18)17-8-14(5-6-14)10-2-3-10/h1,4,7,10H,2-3,5-6,8H2,(H,17,18). The summed E-state index contributed by atoms with van der Waals surface area (Å²) in [5.74, 6) is 0.378. The third-order valence-corrected chi connectivity index (χ3v) is 4.73. The second-order valence-corrected chi connectivity index (χ2v) is 6.30. The highest BCUT2D eigenvalue weighted by Gasteiger charge is 2.53. The summed E-state index contributed by atoms with van der Waals surface area (Å²) in [5, 5.41) is 2.99. The Morgan fingerprint density at radius 2 is 2.17 bits per heavy atom. The Morgan fingerprint density at radius 3 is 2.72 bits per heavy atom. The van der Waals surface area contributed by atoms with Gasteiger partial charge in [-0.1, -0.05) is 0 Å². The first-order valence-electron chi connectivity index (χ1n) is 6.34. The van der Waals surface area contributed by atoms with Gasteiger partial charge in [-0.3, -0.25) is 4.79 Å². The average Bonchev–Trinajstić information content (AvgIpc) is 3.22. The number of carbonyl (C=O) groups is 1. The lowest BCUT2D eigenvalue weighted by Gasteiger charge is -2.15. The Labute approximate surface area is 114 Å². The number of amides is 1. The highest BCUT2D eigenvalue weighted by molar-refractivity contribution is 9.10. The van der Waals surface area contributed by atoms with Crippen LogP contribution in [0.3, 0.4) is 0 Å². The highest BCUT2D eigenvalue weighted by atomic mass is 79.9. The van der Waals surface area contributed by atoms with Crippen molar-refractivity contribution in [2.75, 3.05) is 6.54 Å². The first-order chi connectivity index (χ1) is 8.61. The van der Waals surface area contributed by atoms with Crippen LogP contribution in [0.2, 0.25) is 0 Å². The summed E-state index contributed by atoms with van der Waals surface area (Å²) in [6.45, 7) is 0.769. The lowest BCUT2D eigenvalue weighted by molar-refractivity contribution is 0.0942. The maximum atomic E-state index is 13.1. The maximum Gasteiger partial charge on any atom is 0.251 e. The van der Waals surface area contributed by atoms with Crippen LogP contribution in [0, 0.1) is 17.2 Å². The van der Waals surface area contributed by atoms with Gasteiger partial charge in [-0.25, -0.2) is 4.39 Å². The number of rotatable bonds is 4. The fourth-order valence-electron chi connectivity index (χ4n) is 2.58. The zero-order chi connectivity index (χ0) is 12.8. The van der Waals surface area contributed by atoms with E-state index in [0.29, 0.717) is 15.5 Å². The molecule has 0 aliphatic heterocycles. The molecule has 2 nitrogen and oxygen atoms in total. The number of nitrogens with one attached hydrogen (secondary N) is 1. The van der Waals surface area contributed by atoms with E-state index < -0.39 is 0 Å². The second kappa shape index (κ2) is 4.34. The van der Waals surface area contributed by atoms with E-state index in [-0.39, 0.29) is 11.7 Å². The van der Waals surface area contributed by atoms with Crippen LogP contribution >= 0.6 is 15.9 Å². The minimum Gasteiger partial charge on any atom is -0.351 e. The molecule has 2 fully saturated rings. The Morgan fingerprint density at radius 1 is 1.44 bits per heavy atom. The molecule has 0 bridgehead atoms. The van der Waals surface area contributed by atoms with Gasteiger partial charge in [0.05, 0.1) is 4.47 Å². The van der Waals surface area contributed by atoms with E-state index in [9.17, 15) is 9.18 Å². The van der Waals surface area contributed by atoms with Crippen molar-refractivity contribution in [1.29, 1.82) is 0 Å². The van der Waals surface area contributed by atoms with Gasteiger partial charge in [-0.15, -0.1) is 0 Å². The lowest BCUT2D eigenvalue weighted by Crippen LogP contribution is -2.31. The Kier molecular flexibility index (Phi) is 2.93. The molecule has 0 aromatic heterocycles. The highest BCUT2D eigenvalue weighted by Crippen LogP contribution is 2.60. The second-order valence-electron chi connectivity index (χ2n) is 5.45. The predicted molar refractivity (Wildman–Crippen MR) is 70.8 cm³/mol. The van der Waals surface area contributed by atoms with E-state index in [1.807, 2.05) is 0 Å². The number of hydrogen-bond acceptors (Lipinski definition) is 1. The number of carbonyl (C=O) groups excluding carboxylic acids is 1. The first-order valence-corrected chi connectivity index (χ1v) is 7.13. The fourth-order valence-corrected chi connectivity index (χ4v) is 2.96. The molecule has 1 amide bonds. The molecule has 18 heavy (non-hydrogen) atoms. The fraction of sp³-hybridized carbons (Fsp3) is 0.500. The van der Waals surface area contributed by atoms with Crippen LogP contribution in [-0.4, -0.2) is 12.5 Å². The summed E-state index contributed by atoms with van der Waals surface area (Å²) in [4.78, 5) is 12.0. The van der Waals surface area contributed by atoms with Crippen molar-refractivity contribution in [2.24, 2.45) is 11.3 Å². The van der Waals surface area contributed by atoms with Crippen LogP contribution in [0.5, 0.6) is 0 Å². The topological polar surface area (TPSA) is 29.1 Å². The molecule has 1 aromatic carbocycles. The van der Waals surface area contributed by atoms with Crippen molar-refractivity contribution in [3.8, 4) is 0 Å². The van der Waals surface area contributed by atoms with Gasteiger partial charge in [0.15, 0.2) is 0 Å². The number of benzene rings is 1. The van der Waals surface area contributed by atoms with Crippen molar-refractivity contribution in [3.63, 3.8) is 0 Å². The molecule has 2 aliphatic carbocycles. The molecule has 1 aromatic rings. The van der Waals surface area contributed by atoms with Gasteiger partial charge in [0.2, 0.25) is 0 Å². The molecule has 0 radical (unpaired) electrons. The zero-order valence-corrected chi connectivity index (χ0v) is 11.6. The van der Waals surface area contributed by atoms with E-state index in [0.717, 1.165) is 12.5 Å². The minimum atomic E-state index is -0.344. The van der Waals surface area contributed by atoms with Crippen molar-refractivity contribution in [2.45, 2.75) is 25.7 Å². The van der Waals surface area contributed by atoms with Crippen LogP contribution < -0.4 is 5.32 Å². The number of hydrogen-bond donors (Lipinski definition) is 1. The summed E-state index contributed by atoms with van der Waals surface area (Å²) in [6, 6.07) is 4.36. The normalized spacial score (nSPS) is 20.6. The Balaban J connectivity index is 1.62. The molecule has 3 rings (SSSR count). The molecule has 0 saturated heterocycles. The molecular weight excluding hydrogens is 297 g/mol. The van der Waals surface area contributed by atoms with E-state index in [4.69, 9.17) is 0 Å². The van der Waals surface area contributed by atoms with Gasteiger partial charge in [0, 0.05) is 12.1 Å². The van der Waals surface area contributed by atoms with E-state index in [1.54, 1.807) is 0 Å². The van der Waals surface area contributed by atoms with Gasteiger partial charge in [-0.05, 0) is 71.1 Å². The molecule has 2 aliphatic rings. The summed E-state index contributed by atoms with van der Waals surface area (Å²) in [6.07, 6.45) is 5.12. The molecule has 0 atom stereocenters. The third kappa shape index (κ3) is 2.30. The van der Waals surface area contributed by atoms with Crippen LogP contribution in [0.25, 0.3) is 0 Å². The lowest BCUT2D eigenvalue weighted by atomic mass is 10.0. The quantitative estimate of drug-likeness (QED) is 0.906. The molecule has 0 heterocycles. The van der Waals surface area contributed by atoms with E-state index >= 15 is 0 Å². The summed E-state index contributed by atoms with van der Waals surface area (Å²) in [5.41, 5.74) is 0.905. The Bertz CT molecular complexity index is 495. The molecule has 0 unspecified atom stereocenters. The molecule has 4 heteroatoms. The van der Waals surface area contributed by atoms with Gasteiger partial charge in [0.25, 0.3) is 5.91 Å². The molecular formula is C14H15BrFNO. The van der Waals surface area contributed by atoms with Gasteiger partial charge < -0.3 is 5.32 Å². The predicted octanol–water partition coefficient (Wildman–Crippen LogP) is 3.51. The SMILES string of the molecule is O=C(NCC1(C2CC2)CC1)c1ccc(F)c(Br)c1. The summed E-state index contributed by atoms with van der Waals surface area (Å²) >= 11 is 3.10. The maximum absolute atomic E-state index is 13.1. The first kappa shape index (κ1) is 12.2. The van der Waals surface area contributed by atoms with Crippen LogP contribution in [0.4, 0.5) is 4.39 Å². The van der Waals surface area contributed by atoms with Crippen molar-refractivity contribution < 1.29 is 9.18 Å². The average molecular weight is 312 g/mol. The number of halogens is 2. The van der Waals surface area contributed by atoms with Crippen LogP contribution in [0.1, 0.15) is 36.0 Å². The van der Waals surface area contributed by atoms with Gasteiger partial charge >= 0.3 is 0 Å². The van der Waals surface area contributed by atoms with Gasteiger partial charge in [0.1, 0.15) is 5.82 Å². The van der Waals surface area contributed by atoms with Crippen LogP contribution in [0.15, 0.2) is 22.7 Å². The third-order valence-electron chi connectivity index (χ3n) is 4.12. The van der Waals surface area contributed by atoms with Gasteiger partial charge in [-0.2, -0.15) is 0 Å². The molecule has 96 valence electrons. The van der Waals surface area contributed by atoms with Crippen LogP contribution in [-0.2, 0) is 0 Å². The largest absolute Gasteiger partial charge is 0.351 e. The molecule has 0 spiro atoms. The molecule has 2 saturated carbocycles. The Hall–Kier alpha value is -0.900. The van der Waals surface area contributed by atoms with E-state index in [1.165, 1.54) is 43.9 Å². The van der Waals surface area contributed by atoms with E-state index in [2.05, 4.69) is 21.2 Å². The van der Waals surface area contributed by atoms with Crippen molar-refractivity contribution in [1.82, 2.24) is 5.32 Å². The van der Waals surface area contributed by atoms with Crippen molar-refractivity contribution >= 4 is 21.8 Å². The minimum absolute atomic E-state index is 0.109.